The second kappa shape index (κ2) is 8.75. The number of ether oxygens (including phenoxy) is 2. The molecule has 4 rings (SSSR count). The number of fused-ring (bicyclic) bond motifs is 1. The molecule has 7 heteroatoms. The lowest BCUT2D eigenvalue weighted by atomic mass is 10.1. The minimum Gasteiger partial charge on any atom is -0.486 e. The number of benzene rings is 2. The van der Waals surface area contributed by atoms with E-state index in [4.69, 9.17) is 9.47 Å². The first-order valence-electron chi connectivity index (χ1n) is 10.4. The summed E-state index contributed by atoms with van der Waals surface area (Å²) in [7, 11) is 0. The highest BCUT2D eigenvalue weighted by molar-refractivity contribution is 5.94. The Hall–Kier alpha value is -3.06. The van der Waals surface area contributed by atoms with Crippen LogP contribution < -0.4 is 24.6 Å². The molecule has 0 aliphatic carbocycles. The smallest absolute Gasteiger partial charge is 0.282 e. The Kier molecular flexibility index (Phi) is 5.90. The molecular weight excluding hydrogens is 382 g/mol. The molecule has 2 aliphatic heterocycles. The van der Waals surface area contributed by atoms with Gasteiger partial charge in [-0.25, -0.2) is 0 Å². The van der Waals surface area contributed by atoms with Gasteiger partial charge in [0.2, 0.25) is 0 Å². The molecule has 2 aromatic carbocycles. The van der Waals surface area contributed by atoms with Gasteiger partial charge in [0, 0.05) is 23.0 Å². The van der Waals surface area contributed by atoms with E-state index in [1.165, 1.54) is 4.90 Å². The molecule has 2 aromatic rings. The van der Waals surface area contributed by atoms with Gasteiger partial charge < -0.3 is 24.6 Å². The van der Waals surface area contributed by atoms with Crippen LogP contribution in [-0.4, -0.2) is 57.1 Å². The number of amides is 1. The third-order valence-corrected chi connectivity index (χ3v) is 5.86. The molecule has 30 heavy (non-hydrogen) atoms. The quantitative estimate of drug-likeness (QED) is 0.729. The van der Waals surface area contributed by atoms with Gasteiger partial charge in [0.1, 0.15) is 13.2 Å². The third-order valence-electron chi connectivity index (χ3n) is 5.86. The fraction of sp³-hybridized carbons (Fsp3) is 0.391. The minimum atomic E-state index is -0.152. The number of carbonyl (C=O) groups excluding carboxylic acids is 2. The van der Waals surface area contributed by atoms with Crippen LogP contribution in [0.4, 0.5) is 11.4 Å². The van der Waals surface area contributed by atoms with Gasteiger partial charge in [0.15, 0.2) is 23.3 Å². The molecule has 0 aromatic heterocycles. The zero-order valence-corrected chi connectivity index (χ0v) is 17.4. The van der Waals surface area contributed by atoms with E-state index in [0.29, 0.717) is 24.7 Å². The summed E-state index contributed by atoms with van der Waals surface area (Å²) in [5, 5.41) is 3.01. The normalized spacial score (nSPS) is 17.3. The first-order valence-corrected chi connectivity index (χ1v) is 10.4. The minimum absolute atomic E-state index is 0.000869. The predicted octanol–water partition coefficient (Wildman–Crippen LogP) is 1.39. The van der Waals surface area contributed by atoms with Crippen LogP contribution in [0.15, 0.2) is 42.5 Å². The highest BCUT2D eigenvalue weighted by atomic mass is 16.6. The molecule has 2 aliphatic rings. The summed E-state index contributed by atoms with van der Waals surface area (Å²) in [6.07, 6.45) is 0. The van der Waals surface area contributed by atoms with E-state index in [2.05, 4.69) is 10.2 Å². The van der Waals surface area contributed by atoms with E-state index in [0.717, 1.165) is 43.1 Å². The lowest BCUT2D eigenvalue weighted by molar-refractivity contribution is -0.914. The van der Waals surface area contributed by atoms with Crippen molar-refractivity contribution in [3.05, 3.63) is 48.0 Å². The molecule has 0 saturated carbocycles. The van der Waals surface area contributed by atoms with Gasteiger partial charge >= 0.3 is 0 Å². The second-order valence-electron chi connectivity index (χ2n) is 7.82. The molecule has 1 atom stereocenters. The lowest BCUT2D eigenvalue weighted by Gasteiger charge is -2.36. The van der Waals surface area contributed by atoms with E-state index in [1.54, 1.807) is 6.92 Å². The molecule has 0 spiro atoms. The number of rotatable bonds is 5. The average Bonchev–Trinajstić information content (AvgIpc) is 2.78. The van der Waals surface area contributed by atoms with E-state index in [1.807, 2.05) is 49.4 Å². The lowest BCUT2D eigenvalue weighted by Crippen LogP contribution is -3.19. The van der Waals surface area contributed by atoms with Gasteiger partial charge in [-0.2, -0.15) is 0 Å². The highest BCUT2D eigenvalue weighted by Gasteiger charge is 2.29. The highest BCUT2D eigenvalue weighted by Crippen LogP contribution is 2.32. The van der Waals surface area contributed by atoms with Crippen molar-refractivity contribution in [3.8, 4) is 11.5 Å². The summed E-state index contributed by atoms with van der Waals surface area (Å²) in [6, 6.07) is 13.1. The Morgan fingerprint density at radius 3 is 2.33 bits per heavy atom. The van der Waals surface area contributed by atoms with Crippen molar-refractivity contribution in [1.29, 1.82) is 0 Å². The number of Topliss-reactive ketones (excluding diaryl/α,β-unsaturated/α-hetero) is 1. The molecule has 1 amide bonds. The number of ketones is 1. The molecular formula is C23H28N3O4+. The fourth-order valence-corrected chi connectivity index (χ4v) is 3.95. The summed E-state index contributed by atoms with van der Waals surface area (Å²) in [6.45, 7) is 8.12. The Morgan fingerprint density at radius 2 is 1.67 bits per heavy atom. The summed E-state index contributed by atoms with van der Waals surface area (Å²) in [5.74, 6) is 1.46. The number of hydrogen-bond donors (Lipinski definition) is 2. The maximum Gasteiger partial charge on any atom is 0.282 e. The van der Waals surface area contributed by atoms with Crippen molar-refractivity contribution >= 4 is 23.1 Å². The average molecular weight is 410 g/mol. The summed E-state index contributed by atoms with van der Waals surface area (Å²) < 4.78 is 11.1. The number of anilines is 2. The topological polar surface area (TPSA) is 72.3 Å². The van der Waals surface area contributed by atoms with Crippen LogP contribution in [0, 0.1) is 0 Å². The maximum atomic E-state index is 12.8. The van der Waals surface area contributed by atoms with Crippen LogP contribution in [0.2, 0.25) is 0 Å². The molecule has 1 fully saturated rings. The van der Waals surface area contributed by atoms with Crippen LogP contribution in [0.1, 0.15) is 24.2 Å². The van der Waals surface area contributed by atoms with Crippen LogP contribution in [0.25, 0.3) is 0 Å². The molecule has 1 saturated heterocycles. The summed E-state index contributed by atoms with van der Waals surface area (Å²) in [5.41, 5.74) is 2.57. The van der Waals surface area contributed by atoms with Gasteiger partial charge in [-0.3, -0.25) is 9.59 Å². The molecule has 0 radical (unpaired) electrons. The Balaban J connectivity index is 1.32. The van der Waals surface area contributed by atoms with E-state index >= 15 is 0 Å². The van der Waals surface area contributed by atoms with Crippen molar-refractivity contribution in [1.82, 2.24) is 0 Å². The zero-order valence-electron chi connectivity index (χ0n) is 17.4. The molecule has 7 nitrogen and oxygen atoms in total. The number of quaternary nitrogens is 1. The monoisotopic (exact) mass is 410 g/mol. The van der Waals surface area contributed by atoms with Crippen LogP contribution >= 0.6 is 0 Å². The van der Waals surface area contributed by atoms with Crippen LogP contribution in [0.5, 0.6) is 11.5 Å². The largest absolute Gasteiger partial charge is 0.486 e. The molecule has 0 unspecified atom stereocenters. The standard InChI is InChI=1S/C23H27N3O4/c1-16(23(28)24-19-5-8-21-22(15-19)30-14-13-29-21)25-9-11-26(12-10-25)20-6-3-18(4-7-20)17(2)27/h3-8,15-16H,9-14H2,1-2H3,(H,24,28)/p+1/t16-/m1/s1. The molecule has 2 heterocycles. The van der Waals surface area contributed by atoms with Gasteiger partial charge in [0.05, 0.1) is 26.2 Å². The molecule has 0 bridgehead atoms. The van der Waals surface area contributed by atoms with Crippen molar-refractivity contribution in [3.63, 3.8) is 0 Å². The second-order valence-corrected chi connectivity index (χ2v) is 7.82. The maximum absolute atomic E-state index is 12.8. The van der Waals surface area contributed by atoms with Crippen molar-refractivity contribution in [2.24, 2.45) is 0 Å². The van der Waals surface area contributed by atoms with Gasteiger partial charge in [-0.15, -0.1) is 0 Å². The SMILES string of the molecule is CC(=O)c1ccc(N2CC[NH+]([C@H](C)C(=O)Nc3ccc4c(c3)OCCO4)CC2)cc1. The fourth-order valence-electron chi connectivity index (χ4n) is 3.95. The number of nitrogens with one attached hydrogen (secondary N) is 2. The number of nitrogens with zero attached hydrogens (tertiary/aromatic N) is 1. The van der Waals surface area contributed by atoms with E-state index < -0.39 is 0 Å². The number of hydrogen-bond acceptors (Lipinski definition) is 5. The number of carbonyl (C=O) groups is 2. The van der Waals surface area contributed by atoms with E-state index in [-0.39, 0.29) is 17.7 Å². The summed E-state index contributed by atoms with van der Waals surface area (Å²) in [4.78, 5) is 27.8. The van der Waals surface area contributed by atoms with Crippen molar-refractivity contribution in [2.75, 3.05) is 49.6 Å². The van der Waals surface area contributed by atoms with Gasteiger partial charge in [0.25, 0.3) is 5.91 Å². The van der Waals surface area contributed by atoms with E-state index in [9.17, 15) is 9.59 Å². The van der Waals surface area contributed by atoms with Gasteiger partial charge in [-0.1, -0.05) is 0 Å². The first-order chi connectivity index (χ1) is 14.5. The Bertz CT molecular complexity index is 921. The summed E-state index contributed by atoms with van der Waals surface area (Å²) >= 11 is 0. The van der Waals surface area contributed by atoms with Crippen LogP contribution in [-0.2, 0) is 4.79 Å². The Morgan fingerprint density at radius 1 is 1.00 bits per heavy atom. The zero-order chi connectivity index (χ0) is 21.1. The van der Waals surface area contributed by atoms with Gasteiger partial charge in [-0.05, 0) is 50.2 Å². The number of piperazine rings is 1. The predicted molar refractivity (Wildman–Crippen MR) is 115 cm³/mol. The molecule has 158 valence electrons. The first kappa shape index (κ1) is 20.2. The Labute approximate surface area is 176 Å². The van der Waals surface area contributed by atoms with Crippen molar-refractivity contribution < 1.29 is 24.0 Å². The third kappa shape index (κ3) is 4.41. The van der Waals surface area contributed by atoms with Crippen LogP contribution in [0.3, 0.4) is 0 Å². The molecule has 2 N–H and O–H groups in total. The van der Waals surface area contributed by atoms with Crippen molar-refractivity contribution in [2.45, 2.75) is 19.9 Å².